The summed E-state index contributed by atoms with van der Waals surface area (Å²) >= 11 is 0. The summed E-state index contributed by atoms with van der Waals surface area (Å²) in [4.78, 5) is 25.3. The van der Waals surface area contributed by atoms with Crippen molar-refractivity contribution in [1.82, 2.24) is 14.3 Å². The number of carbonyl (C=O) groups is 1. The third-order valence-corrected chi connectivity index (χ3v) is 4.52. The average molecular weight is 462 g/mol. The number of pyridine rings is 1. The number of nitrogens with zero attached hydrogens (tertiary/aromatic N) is 3. The lowest BCUT2D eigenvalue weighted by molar-refractivity contribution is -0.137. The minimum absolute atomic E-state index is 0.0389. The predicted octanol–water partition coefficient (Wildman–Crippen LogP) is 3.94. The zero-order chi connectivity index (χ0) is 24.9. The first kappa shape index (κ1) is 25.5. The summed E-state index contributed by atoms with van der Waals surface area (Å²) in [5.74, 6) is -0.569. The molecule has 0 atom stereocenters. The smallest absolute Gasteiger partial charge is 0.324 e. The van der Waals surface area contributed by atoms with Crippen LogP contribution in [0.3, 0.4) is 0 Å². The first-order valence-electron chi connectivity index (χ1n) is 10.2. The summed E-state index contributed by atoms with van der Waals surface area (Å²) < 4.78 is 41.8. The summed E-state index contributed by atoms with van der Waals surface area (Å²) in [5, 5.41) is 21.6. The van der Waals surface area contributed by atoms with Crippen LogP contribution in [0.25, 0.3) is 10.9 Å². The standard InChI is InChI=1S/C20H19F3N6O2.C2H6/c1-11(2)29-16-7-12(20(21,22)23)3-5-14(16)19(31)15(27-29)8-18(30)26-13-4-6-17(25)28(9-13)10-24;1-2/h3-7,9-11,24-25H,8H2,1-2H3,(H,26,30);1-2H3. The largest absolute Gasteiger partial charge is 0.416 e. The molecule has 0 fully saturated rings. The Bertz CT molecular complexity index is 1290. The Morgan fingerprint density at radius 3 is 2.45 bits per heavy atom. The van der Waals surface area contributed by atoms with Crippen LogP contribution in [0.2, 0.25) is 0 Å². The Kier molecular flexibility index (Phi) is 7.91. The highest BCUT2D eigenvalue weighted by Gasteiger charge is 2.31. The molecule has 1 amide bonds. The van der Waals surface area contributed by atoms with E-state index < -0.39 is 29.5 Å². The molecular formula is C22H25F3N6O2. The van der Waals surface area contributed by atoms with Crippen LogP contribution in [0, 0.1) is 10.8 Å². The van der Waals surface area contributed by atoms with Crippen molar-refractivity contribution in [3.05, 3.63) is 63.5 Å². The average Bonchev–Trinajstić information content (AvgIpc) is 2.77. The highest BCUT2D eigenvalue weighted by Crippen LogP contribution is 2.31. The molecule has 3 rings (SSSR count). The van der Waals surface area contributed by atoms with Gasteiger partial charge in [-0.3, -0.25) is 29.7 Å². The predicted molar refractivity (Wildman–Crippen MR) is 120 cm³/mol. The monoisotopic (exact) mass is 462 g/mol. The minimum Gasteiger partial charge on any atom is -0.324 e. The van der Waals surface area contributed by atoms with Crippen LogP contribution in [0.4, 0.5) is 18.9 Å². The van der Waals surface area contributed by atoms with E-state index in [0.29, 0.717) is 5.69 Å². The molecular weight excluding hydrogens is 437 g/mol. The van der Waals surface area contributed by atoms with Crippen molar-refractivity contribution in [3.8, 4) is 0 Å². The quantitative estimate of drug-likeness (QED) is 0.394. The maximum Gasteiger partial charge on any atom is 0.416 e. The van der Waals surface area contributed by atoms with Crippen molar-refractivity contribution in [3.63, 3.8) is 0 Å². The maximum absolute atomic E-state index is 13.1. The Morgan fingerprint density at radius 2 is 1.88 bits per heavy atom. The summed E-state index contributed by atoms with van der Waals surface area (Å²) in [7, 11) is 0. The second-order valence-corrected chi connectivity index (χ2v) is 7.11. The van der Waals surface area contributed by atoms with Crippen LogP contribution in [0.5, 0.6) is 0 Å². The molecule has 33 heavy (non-hydrogen) atoms. The fourth-order valence-electron chi connectivity index (χ4n) is 3.04. The molecule has 1 aromatic carbocycles. The van der Waals surface area contributed by atoms with Crippen LogP contribution >= 0.6 is 0 Å². The fourth-order valence-corrected chi connectivity index (χ4v) is 3.04. The van der Waals surface area contributed by atoms with Crippen LogP contribution < -0.4 is 16.2 Å². The molecule has 0 saturated carbocycles. The van der Waals surface area contributed by atoms with E-state index in [2.05, 4.69) is 10.4 Å². The highest BCUT2D eigenvalue weighted by atomic mass is 19.4. The van der Waals surface area contributed by atoms with E-state index in [4.69, 9.17) is 10.8 Å². The van der Waals surface area contributed by atoms with E-state index >= 15 is 0 Å². The maximum atomic E-state index is 13.1. The summed E-state index contributed by atoms with van der Waals surface area (Å²) in [5.41, 5.74) is -1.22. The van der Waals surface area contributed by atoms with E-state index in [1.54, 1.807) is 13.8 Å². The molecule has 176 valence electrons. The van der Waals surface area contributed by atoms with E-state index in [9.17, 15) is 22.8 Å². The van der Waals surface area contributed by atoms with Gasteiger partial charge in [-0.15, -0.1) is 0 Å². The molecule has 3 aromatic rings. The van der Waals surface area contributed by atoms with Gasteiger partial charge in [-0.2, -0.15) is 18.3 Å². The van der Waals surface area contributed by atoms with Crippen molar-refractivity contribution in [2.24, 2.45) is 0 Å². The molecule has 0 radical (unpaired) electrons. The number of benzene rings is 1. The second-order valence-electron chi connectivity index (χ2n) is 7.11. The third kappa shape index (κ3) is 5.73. The number of fused-ring (bicyclic) bond motifs is 1. The van der Waals surface area contributed by atoms with E-state index in [-0.39, 0.29) is 28.1 Å². The number of carbonyl (C=O) groups excluding carboxylic acids is 1. The van der Waals surface area contributed by atoms with Gasteiger partial charge in [-0.25, -0.2) is 0 Å². The van der Waals surface area contributed by atoms with Crippen molar-refractivity contribution in [2.45, 2.75) is 46.3 Å². The molecule has 3 N–H and O–H groups in total. The van der Waals surface area contributed by atoms with Crippen LogP contribution in [-0.2, 0) is 17.4 Å². The minimum atomic E-state index is -4.56. The molecule has 0 bridgehead atoms. The lowest BCUT2D eigenvalue weighted by Crippen LogP contribution is -2.26. The number of hydrogen-bond donors (Lipinski definition) is 3. The van der Waals surface area contributed by atoms with Gasteiger partial charge in [0.25, 0.3) is 0 Å². The number of rotatable bonds is 5. The third-order valence-electron chi connectivity index (χ3n) is 4.52. The molecule has 0 aliphatic rings. The van der Waals surface area contributed by atoms with Gasteiger partial charge in [0.2, 0.25) is 11.3 Å². The number of hydrogen-bond acceptors (Lipinski definition) is 5. The molecule has 2 aromatic heterocycles. The molecule has 0 unspecified atom stereocenters. The van der Waals surface area contributed by atoms with E-state index in [0.717, 1.165) is 24.5 Å². The molecule has 0 spiro atoms. The zero-order valence-electron chi connectivity index (χ0n) is 18.6. The Labute approximate surface area is 187 Å². The molecule has 8 nitrogen and oxygen atoms in total. The van der Waals surface area contributed by atoms with Crippen molar-refractivity contribution in [2.75, 3.05) is 5.32 Å². The second kappa shape index (κ2) is 10.2. The normalized spacial score (nSPS) is 11.2. The number of nitrogens with one attached hydrogen (secondary N) is 3. The van der Waals surface area contributed by atoms with Crippen molar-refractivity contribution in [1.29, 1.82) is 10.8 Å². The molecule has 11 heteroatoms. The molecule has 0 aliphatic heterocycles. The number of amides is 1. The van der Waals surface area contributed by atoms with Gasteiger partial charge in [-0.1, -0.05) is 13.8 Å². The van der Waals surface area contributed by atoms with Gasteiger partial charge >= 0.3 is 6.18 Å². The van der Waals surface area contributed by atoms with E-state index in [1.165, 1.54) is 27.6 Å². The van der Waals surface area contributed by atoms with Gasteiger partial charge in [0.05, 0.1) is 29.5 Å². The molecule has 2 heterocycles. The van der Waals surface area contributed by atoms with Gasteiger partial charge in [0, 0.05) is 17.6 Å². The van der Waals surface area contributed by atoms with Crippen LogP contribution in [-0.4, -0.2) is 26.6 Å². The number of anilines is 1. The zero-order valence-corrected chi connectivity index (χ0v) is 18.6. The Morgan fingerprint density at radius 1 is 1.21 bits per heavy atom. The van der Waals surface area contributed by atoms with Gasteiger partial charge in [0.1, 0.15) is 11.2 Å². The summed E-state index contributed by atoms with van der Waals surface area (Å²) in [6.07, 6.45) is -2.69. The van der Waals surface area contributed by atoms with Crippen LogP contribution in [0.15, 0.2) is 41.3 Å². The topological polar surface area (TPSA) is 117 Å². The van der Waals surface area contributed by atoms with Crippen molar-refractivity contribution >= 4 is 28.8 Å². The lowest BCUT2D eigenvalue weighted by Gasteiger charge is -2.17. The van der Waals surface area contributed by atoms with E-state index in [1.807, 2.05) is 13.8 Å². The summed E-state index contributed by atoms with van der Waals surface area (Å²) in [6.45, 7) is 7.42. The first-order chi connectivity index (χ1) is 15.5. The number of aromatic nitrogens is 3. The summed E-state index contributed by atoms with van der Waals surface area (Å²) in [6, 6.07) is 5.31. The molecule has 0 saturated heterocycles. The fraction of sp³-hybridized carbons (Fsp3) is 0.318. The Hall–Kier alpha value is -3.76. The van der Waals surface area contributed by atoms with Crippen LogP contribution in [0.1, 0.15) is 45.0 Å². The van der Waals surface area contributed by atoms with Gasteiger partial charge in [-0.05, 0) is 44.2 Å². The number of halogens is 3. The lowest BCUT2D eigenvalue weighted by atomic mass is 10.1. The number of alkyl halides is 3. The van der Waals surface area contributed by atoms with Gasteiger partial charge in [0.15, 0.2) is 0 Å². The SMILES string of the molecule is CC.CC(C)n1nc(CC(=O)Nc2ccc(=N)n(C=N)c2)c(=O)c2ccc(C(F)(F)F)cc21. The van der Waals surface area contributed by atoms with Crippen molar-refractivity contribution < 1.29 is 18.0 Å². The van der Waals surface area contributed by atoms with Gasteiger partial charge < -0.3 is 5.32 Å². The first-order valence-corrected chi connectivity index (χ1v) is 10.2. The Balaban J connectivity index is 0.00000187. The molecule has 0 aliphatic carbocycles. The highest BCUT2D eigenvalue weighted by molar-refractivity contribution is 5.92.